The Morgan fingerprint density at radius 2 is 1.92 bits per heavy atom. The number of carboxylic acid groups (broad SMARTS) is 1. The van der Waals surface area contributed by atoms with Gasteiger partial charge in [0.2, 0.25) is 0 Å². The minimum atomic E-state index is -0.650. The van der Waals surface area contributed by atoms with Crippen LogP contribution in [0.5, 0.6) is 0 Å². The Morgan fingerprint density at radius 3 is 2.31 bits per heavy atom. The third-order valence-corrected chi connectivity index (χ3v) is 2.80. The van der Waals surface area contributed by atoms with Crippen molar-refractivity contribution in [2.24, 2.45) is 11.8 Å². The van der Waals surface area contributed by atoms with Crippen LogP contribution in [-0.4, -0.2) is 11.1 Å². The molecule has 0 fully saturated rings. The molecular formula is C11H22O2. The number of carboxylic acids is 1. The predicted molar refractivity (Wildman–Crippen MR) is 54.7 cm³/mol. The molecule has 0 aliphatic carbocycles. The maximum Gasteiger partial charge on any atom is 0.306 e. The molecule has 2 unspecified atom stereocenters. The standard InChI is InChI=1S/C11H22O2/c1-4-6-7-8-10(5-2)9(3)11(12)13/h9-10H,4-8H2,1-3H3,(H,12,13). The van der Waals surface area contributed by atoms with Crippen molar-refractivity contribution in [2.75, 3.05) is 0 Å². The van der Waals surface area contributed by atoms with Crippen molar-refractivity contribution in [3.05, 3.63) is 0 Å². The highest BCUT2D eigenvalue weighted by Gasteiger charge is 2.20. The molecule has 13 heavy (non-hydrogen) atoms. The van der Waals surface area contributed by atoms with Crippen molar-refractivity contribution >= 4 is 5.97 Å². The summed E-state index contributed by atoms with van der Waals surface area (Å²) in [7, 11) is 0. The molecule has 0 aromatic carbocycles. The van der Waals surface area contributed by atoms with Gasteiger partial charge in [0.25, 0.3) is 0 Å². The van der Waals surface area contributed by atoms with Gasteiger partial charge in [-0.15, -0.1) is 0 Å². The molecule has 2 nitrogen and oxygen atoms in total. The van der Waals surface area contributed by atoms with Gasteiger partial charge in [0, 0.05) is 0 Å². The zero-order valence-electron chi connectivity index (χ0n) is 9.05. The fraction of sp³-hybridized carbons (Fsp3) is 0.909. The van der Waals surface area contributed by atoms with Gasteiger partial charge in [-0.05, 0) is 12.3 Å². The largest absolute Gasteiger partial charge is 0.481 e. The van der Waals surface area contributed by atoms with E-state index >= 15 is 0 Å². The number of hydrogen-bond acceptors (Lipinski definition) is 1. The van der Waals surface area contributed by atoms with Crippen molar-refractivity contribution in [3.8, 4) is 0 Å². The number of rotatable bonds is 7. The summed E-state index contributed by atoms with van der Waals surface area (Å²) in [4.78, 5) is 10.7. The monoisotopic (exact) mass is 186 g/mol. The highest BCUT2D eigenvalue weighted by atomic mass is 16.4. The molecule has 1 N–H and O–H groups in total. The van der Waals surface area contributed by atoms with E-state index in [-0.39, 0.29) is 5.92 Å². The second-order valence-corrected chi connectivity index (χ2v) is 3.79. The predicted octanol–water partition coefficient (Wildman–Crippen LogP) is 3.31. The number of aliphatic carboxylic acids is 1. The van der Waals surface area contributed by atoms with Gasteiger partial charge in [-0.2, -0.15) is 0 Å². The average molecular weight is 186 g/mol. The maximum atomic E-state index is 10.7. The minimum Gasteiger partial charge on any atom is -0.481 e. The second kappa shape index (κ2) is 6.93. The summed E-state index contributed by atoms with van der Waals surface area (Å²) in [6, 6.07) is 0. The highest BCUT2D eigenvalue weighted by Crippen LogP contribution is 2.22. The van der Waals surface area contributed by atoms with Gasteiger partial charge in [-0.3, -0.25) is 4.79 Å². The molecule has 0 heterocycles. The summed E-state index contributed by atoms with van der Waals surface area (Å²) >= 11 is 0. The molecule has 0 saturated carbocycles. The van der Waals surface area contributed by atoms with Crippen LogP contribution in [0, 0.1) is 11.8 Å². The molecule has 2 atom stereocenters. The summed E-state index contributed by atoms with van der Waals surface area (Å²) in [6.45, 7) is 6.07. The Labute approximate surface area is 81.3 Å². The van der Waals surface area contributed by atoms with Crippen LogP contribution in [0.25, 0.3) is 0 Å². The molecule has 0 aliphatic heterocycles. The van der Waals surface area contributed by atoms with Gasteiger partial charge in [0.15, 0.2) is 0 Å². The van der Waals surface area contributed by atoms with E-state index < -0.39 is 5.97 Å². The van der Waals surface area contributed by atoms with E-state index in [1.165, 1.54) is 19.3 Å². The Kier molecular flexibility index (Phi) is 6.65. The van der Waals surface area contributed by atoms with Crippen LogP contribution in [0.3, 0.4) is 0 Å². The zero-order valence-corrected chi connectivity index (χ0v) is 9.05. The summed E-state index contributed by atoms with van der Waals surface area (Å²) in [5.41, 5.74) is 0. The molecule has 0 aromatic rings. The quantitative estimate of drug-likeness (QED) is 0.619. The Balaban J connectivity index is 3.80. The molecule has 2 heteroatoms. The van der Waals surface area contributed by atoms with Gasteiger partial charge in [-0.1, -0.05) is 46.5 Å². The van der Waals surface area contributed by atoms with E-state index in [1.807, 2.05) is 6.92 Å². The molecule has 78 valence electrons. The van der Waals surface area contributed by atoms with E-state index in [9.17, 15) is 4.79 Å². The summed E-state index contributed by atoms with van der Waals surface area (Å²) in [6.07, 6.45) is 5.66. The molecular weight excluding hydrogens is 164 g/mol. The second-order valence-electron chi connectivity index (χ2n) is 3.79. The number of carbonyl (C=O) groups is 1. The first-order valence-corrected chi connectivity index (χ1v) is 5.36. The molecule has 0 aromatic heterocycles. The number of hydrogen-bond donors (Lipinski definition) is 1. The smallest absolute Gasteiger partial charge is 0.306 e. The van der Waals surface area contributed by atoms with E-state index in [0.717, 1.165) is 12.8 Å². The molecule has 0 aliphatic rings. The Morgan fingerprint density at radius 1 is 1.31 bits per heavy atom. The maximum absolute atomic E-state index is 10.7. The average Bonchev–Trinajstić information content (AvgIpc) is 2.11. The van der Waals surface area contributed by atoms with Crippen molar-refractivity contribution < 1.29 is 9.90 Å². The van der Waals surface area contributed by atoms with E-state index in [1.54, 1.807) is 0 Å². The van der Waals surface area contributed by atoms with Crippen LogP contribution in [-0.2, 0) is 4.79 Å². The van der Waals surface area contributed by atoms with Gasteiger partial charge in [-0.25, -0.2) is 0 Å². The van der Waals surface area contributed by atoms with E-state index in [4.69, 9.17) is 5.11 Å². The fourth-order valence-electron chi connectivity index (χ4n) is 1.67. The topological polar surface area (TPSA) is 37.3 Å². The van der Waals surface area contributed by atoms with E-state index in [2.05, 4.69) is 13.8 Å². The Bertz CT molecular complexity index is 143. The lowest BCUT2D eigenvalue weighted by Crippen LogP contribution is -2.20. The highest BCUT2D eigenvalue weighted by molar-refractivity contribution is 5.69. The van der Waals surface area contributed by atoms with Crippen molar-refractivity contribution in [3.63, 3.8) is 0 Å². The molecule has 0 amide bonds. The summed E-state index contributed by atoms with van der Waals surface area (Å²) in [5, 5.41) is 8.84. The van der Waals surface area contributed by atoms with Crippen LogP contribution >= 0.6 is 0 Å². The third kappa shape index (κ3) is 4.91. The van der Waals surface area contributed by atoms with Crippen molar-refractivity contribution in [1.29, 1.82) is 0 Å². The van der Waals surface area contributed by atoms with Crippen LogP contribution in [0.4, 0.5) is 0 Å². The summed E-state index contributed by atoms with van der Waals surface area (Å²) in [5.74, 6) is -0.464. The minimum absolute atomic E-state index is 0.179. The first-order chi connectivity index (χ1) is 6.13. The lowest BCUT2D eigenvalue weighted by Gasteiger charge is -2.18. The van der Waals surface area contributed by atoms with Gasteiger partial charge < -0.3 is 5.11 Å². The molecule has 0 bridgehead atoms. The van der Waals surface area contributed by atoms with E-state index in [0.29, 0.717) is 5.92 Å². The van der Waals surface area contributed by atoms with Crippen LogP contribution < -0.4 is 0 Å². The lowest BCUT2D eigenvalue weighted by atomic mass is 9.87. The first-order valence-electron chi connectivity index (χ1n) is 5.36. The number of unbranched alkanes of at least 4 members (excludes halogenated alkanes) is 2. The van der Waals surface area contributed by atoms with Crippen LogP contribution in [0.1, 0.15) is 52.9 Å². The third-order valence-electron chi connectivity index (χ3n) is 2.80. The zero-order chi connectivity index (χ0) is 10.3. The van der Waals surface area contributed by atoms with Crippen molar-refractivity contribution in [1.82, 2.24) is 0 Å². The normalized spacial score (nSPS) is 15.3. The van der Waals surface area contributed by atoms with Gasteiger partial charge in [0.05, 0.1) is 5.92 Å². The van der Waals surface area contributed by atoms with Crippen LogP contribution in [0.15, 0.2) is 0 Å². The first kappa shape index (κ1) is 12.5. The Hall–Kier alpha value is -0.530. The molecule has 0 saturated heterocycles. The molecule has 0 rings (SSSR count). The summed E-state index contributed by atoms with van der Waals surface area (Å²) < 4.78 is 0. The lowest BCUT2D eigenvalue weighted by molar-refractivity contribution is -0.143. The van der Waals surface area contributed by atoms with Gasteiger partial charge in [0.1, 0.15) is 0 Å². The van der Waals surface area contributed by atoms with Crippen LogP contribution in [0.2, 0.25) is 0 Å². The fourth-order valence-corrected chi connectivity index (χ4v) is 1.67. The SMILES string of the molecule is CCCCCC(CC)C(C)C(=O)O. The molecule has 0 radical (unpaired) electrons. The van der Waals surface area contributed by atoms with Gasteiger partial charge >= 0.3 is 5.97 Å². The molecule has 0 spiro atoms. The van der Waals surface area contributed by atoms with Crippen molar-refractivity contribution in [2.45, 2.75) is 52.9 Å².